The number of hydrogen-bond donors (Lipinski definition) is 1. The summed E-state index contributed by atoms with van der Waals surface area (Å²) >= 11 is 0. The van der Waals surface area contributed by atoms with Gasteiger partial charge in [-0.1, -0.05) is 6.07 Å². The Morgan fingerprint density at radius 2 is 2.04 bits per heavy atom. The van der Waals surface area contributed by atoms with Crippen LogP contribution in [0.15, 0.2) is 30.7 Å². The van der Waals surface area contributed by atoms with E-state index in [1.807, 2.05) is 52.5 Å². The molecule has 0 radical (unpaired) electrons. The van der Waals surface area contributed by atoms with Crippen LogP contribution in [0.25, 0.3) is 11.0 Å². The van der Waals surface area contributed by atoms with E-state index in [2.05, 4.69) is 30.3 Å². The number of fused-ring (bicyclic) bond motifs is 1. The van der Waals surface area contributed by atoms with Crippen molar-refractivity contribution in [1.82, 2.24) is 29.6 Å². The molecule has 0 amide bonds. The molecule has 7 nitrogen and oxygen atoms in total. The number of hydrogen-bond acceptors (Lipinski definition) is 6. The molecule has 0 saturated carbocycles. The summed E-state index contributed by atoms with van der Waals surface area (Å²) in [4.78, 5) is 15.3. The summed E-state index contributed by atoms with van der Waals surface area (Å²) in [6.07, 6.45) is 3.39. The summed E-state index contributed by atoms with van der Waals surface area (Å²) in [5, 5.41) is 8.82. The standard InChI is InChI=1S/C16H21N7/c1-11-14-15(19-10-20-16(14)23(4)21-11)18-9-13(22(2)3)12-7-5-6-8-17-12/h5-8,10,13H,9H2,1-4H3,(H,18,19,20)/t13-/m0/s1. The van der Waals surface area contributed by atoms with Crippen molar-refractivity contribution < 1.29 is 0 Å². The highest BCUT2D eigenvalue weighted by Gasteiger charge is 2.17. The van der Waals surface area contributed by atoms with Crippen LogP contribution in [0, 0.1) is 6.92 Å². The normalized spacial score (nSPS) is 12.7. The molecule has 3 aromatic rings. The maximum absolute atomic E-state index is 4.47. The predicted molar refractivity (Wildman–Crippen MR) is 90.2 cm³/mol. The van der Waals surface area contributed by atoms with Gasteiger partial charge in [-0.05, 0) is 33.2 Å². The van der Waals surface area contributed by atoms with Crippen molar-refractivity contribution in [2.45, 2.75) is 13.0 Å². The second kappa shape index (κ2) is 6.29. The fourth-order valence-electron chi connectivity index (χ4n) is 2.73. The highest BCUT2D eigenvalue weighted by molar-refractivity contribution is 5.89. The summed E-state index contributed by atoms with van der Waals surface area (Å²) in [5.74, 6) is 0.809. The minimum absolute atomic E-state index is 0.151. The van der Waals surface area contributed by atoms with Crippen LogP contribution in [-0.4, -0.2) is 50.3 Å². The Bertz CT molecular complexity index is 795. The molecule has 3 heterocycles. The molecule has 1 N–H and O–H groups in total. The lowest BCUT2D eigenvalue weighted by molar-refractivity contribution is 0.306. The zero-order valence-corrected chi connectivity index (χ0v) is 13.9. The SMILES string of the molecule is Cc1nn(C)c2ncnc(NC[C@@H](c3ccccn3)N(C)C)c12. The maximum Gasteiger partial charge on any atom is 0.163 e. The number of rotatable bonds is 5. The minimum Gasteiger partial charge on any atom is -0.367 e. The topological polar surface area (TPSA) is 71.8 Å². The van der Waals surface area contributed by atoms with Crippen molar-refractivity contribution in [2.75, 3.05) is 26.0 Å². The zero-order valence-electron chi connectivity index (χ0n) is 13.9. The number of likely N-dealkylation sites (N-methyl/N-ethyl adjacent to an activating group) is 1. The monoisotopic (exact) mass is 311 g/mol. The molecule has 0 aliphatic carbocycles. The first kappa shape index (κ1) is 15.4. The molecule has 0 aromatic carbocycles. The van der Waals surface area contributed by atoms with Gasteiger partial charge in [0.15, 0.2) is 5.65 Å². The van der Waals surface area contributed by atoms with Crippen molar-refractivity contribution in [3.63, 3.8) is 0 Å². The molecular formula is C16H21N7. The third-order valence-electron chi connectivity index (χ3n) is 3.91. The van der Waals surface area contributed by atoms with Gasteiger partial charge in [-0.2, -0.15) is 5.10 Å². The third kappa shape index (κ3) is 3.00. The van der Waals surface area contributed by atoms with Crippen LogP contribution in [0.5, 0.6) is 0 Å². The zero-order chi connectivity index (χ0) is 16.4. The van der Waals surface area contributed by atoms with Crippen molar-refractivity contribution in [1.29, 1.82) is 0 Å². The van der Waals surface area contributed by atoms with Gasteiger partial charge in [-0.15, -0.1) is 0 Å². The maximum atomic E-state index is 4.47. The van der Waals surface area contributed by atoms with Crippen molar-refractivity contribution >= 4 is 16.9 Å². The Morgan fingerprint density at radius 1 is 1.22 bits per heavy atom. The van der Waals surface area contributed by atoms with E-state index in [0.717, 1.165) is 28.2 Å². The van der Waals surface area contributed by atoms with E-state index in [9.17, 15) is 0 Å². The Hall–Kier alpha value is -2.54. The largest absolute Gasteiger partial charge is 0.367 e. The van der Waals surface area contributed by atoms with Crippen molar-refractivity contribution in [2.24, 2.45) is 7.05 Å². The molecular weight excluding hydrogens is 290 g/mol. The Morgan fingerprint density at radius 3 is 2.74 bits per heavy atom. The van der Waals surface area contributed by atoms with Crippen molar-refractivity contribution in [3.8, 4) is 0 Å². The number of nitrogens with one attached hydrogen (secondary N) is 1. The van der Waals surface area contributed by atoms with Crippen LogP contribution in [0.4, 0.5) is 5.82 Å². The van der Waals surface area contributed by atoms with Crippen LogP contribution in [0.1, 0.15) is 17.4 Å². The molecule has 0 aliphatic heterocycles. The molecule has 7 heteroatoms. The van der Waals surface area contributed by atoms with Crippen LogP contribution in [0.2, 0.25) is 0 Å². The number of nitrogens with zero attached hydrogens (tertiary/aromatic N) is 6. The Labute approximate surface area is 135 Å². The molecule has 0 bridgehead atoms. The number of anilines is 1. The lowest BCUT2D eigenvalue weighted by Gasteiger charge is -2.24. The molecule has 23 heavy (non-hydrogen) atoms. The molecule has 3 aromatic heterocycles. The second-order valence-electron chi connectivity index (χ2n) is 5.74. The van der Waals surface area contributed by atoms with Crippen LogP contribution in [-0.2, 0) is 7.05 Å². The van der Waals surface area contributed by atoms with Gasteiger partial charge in [0.1, 0.15) is 12.1 Å². The first-order chi connectivity index (χ1) is 11.1. The van der Waals surface area contributed by atoms with Gasteiger partial charge in [-0.25, -0.2) is 9.97 Å². The average Bonchev–Trinajstić information content (AvgIpc) is 2.84. The third-order valence-corrected chi connectivity index (χ3v) is 3.91. The summed E-state index contributed by atoms with van der Waals surface area (Å²) in [6, 6.07) is 6.12. The molecule has 0 saturated heterocycles. The van der Waals surface area contributed by atoms with Crippen LogP contribution >= 0.6 is 0 Å². The van der Waals surface area contributed by atoms with Gasteiger partial charge >= 0.3 is 0 Å². The van der Waals surface area contributed by atoms with Crippen molar-refractivity contribution in [3.05, 3.63) is 42.1 Å². The predicted octanol–water partition coefficient (Wildman–Crippen LogP) is 1.78. The highest BCUT2D eigenvalue weighted by Crippen LogP contribution is 2.23. The Kier molecular flexibility index (Phi) is 4.20. The van der Waals surface area contributed by atoms with Gasteiger partial charge in [0.05, 0.1) is 22.8 Å². The number of aromatic nitrogens is 5. The molecule has 0 aliphatic rings. The van der Waals surface area contributed by atoms with Crippen LogP contribution < -0.4 is 5.32 Å². The molecule has 3 rings (SSSR count). The van der Waals surface area contributed by atoms with E-state index in [-0.39, 0.29) is 6.04 Å². The first-order valence-electron chi connectivity index (χ1n) is 7.53. The first-order valence-corrected chi connectivity index (χ1v) is 7.53. The summed E-state index contributed by atoms with van der Waals surface area (Å²) in [6.45, 7) is 2.67. The van der Waals surface area contributed by atoms with E-state index in [4.69, 9.17) is 0 Å². The lowest BCUT2D eigenvalue weighted by Crippen LogP contribution is -2.27. The molecule has 1 atom stereocenters. The number of pyridine rings is 1. The van der Waals surface area contributed by atoms with Gasteiger partial charge in [0, 0.05) is 19.8 Å². The molecule has 0 spiro atoms. The summed E-state index contributed by atoms with van der Waals surface area (Å²) in [7, 11) is 5.99. The molecule has 0 fully saturated rings. The summed E-state index contributed by atoms with van der Waals surface area (Å²) < 4.78 is 1.78. The Balaban J connectivity index is 1.87. The average molecular weight is 311 g/mol. The lowest BCUT2D eigenvalue weighted by atomic mass is 10.1. The van der Waals surface area contributed by atoms with E-state index >= 15 is 0 Å². The van der Waals surface area contributed by atoms with E-state index in [1.54, 1.807) is 11.0 Å². The molecule has 120 valence electrons. The smallest absolute Gasteiger partial charge is 0.163 e. The highest BCUT2D eigenvalue weighted by atomic mass is 15.3. The van der Waals surface area contributed by atoms with Gasteiger partial charge in [-0.3, -0.25) is 14.6 Å². The fraction of sp³-hybridized carbons (Fsp3) is 0.375. The van der Waals surface area contributed by atoms with Gasteiger partial charge < -0.3 is 5.32 Å². The van der Waals surface area contributed by atoms with E-state index in [1.165, 1.54) is 0 Å². The molecule has 0 unspecified atom stereocenters. The summed E-state index contributed by atoms with van der Waals surface area (Å²) in [5.41, 5.74) is 2.78. The fourth-order valence-corrected chi connectivity index (χ4v) is 2.73. The quantitative estimate of drug-likeness (QED) is 0.774. The van der Waals surface area contributed by atoms with E-state index < -0.39 is 0 Å². The number of aryl methyl sites for hydroxylation is 2. The van der Waals surface area contributed by atoms with Crippen LogP contribution in [0.3, 0.4) is 0 Å². The van der Waals surface area contributed by atoms with Gasteiger partial charge in [0.2, 0.25) is 0 Å². The van der Waals surface area contributed by atoms with E-state index in [0.29, 0.717) is 6.54 Å². The minimum atomic E-state index is 0.151. The second-order valence-corrected chi connectivity index (χ2v) is 5.74. The van der Waals surface area contributed by atoms with Gasteiger partial charge in [0.25, 0.3) is 0 Å².